The quantitative estimate of drug-likeness (QED) is 0.918. The van der Waals surface area contributed by atoms with E-state index in [-0.39, 0.29) is 11.9 Å². The van der Waals surface area contributed by atoms with Crippen LogP contribution in [0.15, 0.2) is 24.4 Å². The number of hydrogen-bond donors (Lipinski definition) is 1. The number of pyridine rings is 1. The van der Waals surface area contributed by atoms with E-state index in [1.54, 1.807) is 18.0 Å². The molecule has 6 nitrogen and oxygen atoms in total. The van der Waals surface area contributed by atoms with Crippen LogP contribution in [-0.4, -0.2) is 45.2 Å². The first kappa shape index (κ1) is 17.6. The Labute approximate surface area is 141 Å². The van der Waals surface area contributed by atoms with Crippen LogP contribution in [0.25, 0.3) is 0 Å². The Morgan fingerprint density at radius 3 is 2.78 bits per heavy atom. The van der Waals surface area contributed by atoms with Crippen LogP contribution in [0.1, 0.15) is 39.4 Å². The van der Waals surface area contributed by atoms with Gasteiger partial charge in [-0.3, -0.25) is 14.7 Å². The lowest BCUT2D eigenvalue weighted by molar-refractivity contribution is -0.125. The summed E-state index contributed by atoms with van der Waals surface area (Å²) in [6.07, 6.45) is 1.24. The van der Waals surface area contributed by atoms with Crippen LogP contribution in [0.3, 0.4) is 0 Å². The van der Waals surface area contributed by atoms with Gasteiger partial charge in [-0.2, -0.15) is 0 Å². The highest BCUT2D eigenvalue weighted by Gasteiger charge is 2.37. The molecule has 0 radical (unpaired) electrons. The van der Waals surface area contributed by atoms with Crippen molar-refractivity contribution in [2.45, 2.75) is 45.4 Å². The number of nitrogens with one attached hydrogen (secondary N) is 1. The Hall–Kier alpha value is -1.76. The Morgan fingerprint density at radius 1 is 1.43 bits per heavy atom. The Balaban J connectivity index is 1.99. The van der Waals surface area contributed by atoms with E-state index in [9.17, 15) is 9.59 Å². The van der Waals surface area contributed by atoms with E-state index in [1.165, 1.54) is 4.90 Å². The van der Waals surface area contributed by atoms with Crippen molar-refractivity contribution in [3.63, 3.8) is 0 Å². The van der Waals surface area contributed by atoms with Gasteiger partial charge in [0.05, 0.1) is 17.6 Å². The predicted molar refractivity (Wildman–Crippen MR) is 90.0 cm³/mol. The second-order valence-electron chi connectivity index (χ2n) is 6.45. The molecule has 0 unspecified atom stereocenters. The van der Waals surface area contributed by atoms with E-state index < -0.39 is 17.7 Å². The summed E-state index contributed by atoms with van der Waals surface area (Å²) in [4.78, 5) is 30.5. The van der Waals surface area contributed by atoms with Gasteiger partial charge in [0.15, 0.2) is 0 Å². The smallest absolute Gasteiger partial charge is 0.411 e. The largest absolute Gasteiger partial charge is 0.444 e. The number of aromatic nitrogens is 1. The van der Waals surface area contributed by atoms with Crippen molar-refractivity contribution < 1.29 is 14.3 Å². The number of nitrogens with zero attached hydrogens (tertiary/aromatic N) is 2. The first-order chi connectivity index (χ1) is 10.8. The van der Waals surface area contributed by atoms with Gasteiger partial charge in [0.25, 0.3) is 0 Å². The summed E-state index contributed by atoms with van der Waals surface area (Å²) in [6, 6.07) is 4.84. The third kappa shape index (κ3) is 4.86. The van der Waals surface area contributed by atoms with Crippen LogP contribution in [0.5, 0.6) is 0 Å². The monoisotopic (exact) mass is 337 g/mol. The molecule has 0 saturated carbocycles. The molecular formula is C16H23N3O3S. The highest BCUT2D eigenvalue weighted by atomic mass is 32.2. The van der Waals surface area contributed by atoms with E-state index in [4.69, 9.17) is 4.74 Å². The van der Waals surface area contributed by atoms with Gasteiger partial charge in [-0.05, 0) is 39.8 Å². The lowest BCUT2D eigenvalue weighted by atomic mass is 10.2. The fourth-order valence-electron chi connectivity index (χ4n) is 2.18. The maximum absolute atomic E-state index is 12.5. The van der Waals surface area contributed by atoms with Crippen molar-refractivity contribution in [1.82, 2.24) is 15.2 Å². The maximum Gasteiger partial charge on any atom is 0.411 e. The number of carbonyl (C=O) groups is 2. The SMILES string of the molecule is C[C@H](NC(=O)[C@H]1CSCN1C(=O)OC(C)(C)C)c1ccccn1. The molecule has 0 aliphatic carbocycles. The van der Waals surface area contributed by atoms with Crippen LogP contribution in [-0.2, 0) is 9.53 Å². The van der Waals surface area contributed by atoms with Crippen LogP contribution in [0.2, 0.25) is 0 Å². The molecule has 1 fully saturated rings. The van der Waals surface area contributed by atoms with E-state index in [0.717, 1.165) is 5.69 Å². The minimum atomic E-state index is -0.577. The third-order valence-electron chi connectivity index (χ3n) is 3.30. The van der Waals surface area contributed by atoms with Gasteiger partial charge in [-0.1, -0.05) is 6.07 Å². The van der Waals surface area contributed by atoms with Crippen molar-refractivity contribution in [1.29, 1.82) is 0 Å². The summed E-state index contributed by atoms with van der Waals surface area (Å²) < 4.78 is 5.37. The third-order valence-corrected chi connectivity index (χ3v) is 4.32. The molecule has 1 aliphatic rings. The van der Waals surface area contributed by atoms with Gasteiger partial charge in [0.1, 0.15) is 11.6 Å². The Kier molecular flexibility index (Phi) is 5.51. The zero-order valence-electron chi connectivity index (χ0n) is 13.9. The highest BCUT2D eigenvalue weighted by Crippen LogP contribution is 2.24. The Bertz CT molecular complexity index is 559. The molecule has 0 spiro atoms. The standard InChI is InChI=1S/C16H23N3O3S/c1-11(12-7-5-6-8-17-12)18-14(20)13-9-23-10-19(13)15(21)22-16(2,3)4/h5-8,11,13H,9-10H2,1-4H3,(H,18,20)/t11-,13+/m0/s1. The molecule has 0 aromatic carbocycles. The number of carbonyl (C=O) groups excluding carboxylic acids is 2. The Morgan fingerprint density at radius 2 is 2.17 bits per heavy atom. The molecule has 7 heteroatoms. The summed E-state index contributed by atoms with van der Waals surface area (Å²) >= 11 is 1.54. The fourth-order valence-corrected chi connectivity index (χ4v) is 3.32. The molecule has 1 aliphatic heterocycles. The second kappa shape index (κ2) is 7.21. The topological polar surface area (TPSA) is 71.5 Å². The number of amides is 2. The average molecular weight is 337 g/mol. The number of rotatable bonds is 3. The minimum Gasteiger partial charge on any atom is -0.444 e. The first-order valence-corrected chi connectivity index (χ1v) is 8.72. The number of thioether (sulfide) groups is 1. The summed E-state index contributed by atoms with van der Waals surface area (Å²) in [6.45, 7) is 7.31. The van der Waals surface area contributed by atoms with Crippen molar-refractivity contribution in [2.75, 3.05) is 11.6 Å². The fraction of sp³-hybridized carbons (Fsp3) is 0.562. The van der Waals surface area contributed by atoms with Crippen molar-refractivity contribution in [3.8, 4) is 0 Å². The summed E-state index contributed by atoms with van der Waals surface area (Å²) in [5.74, 6) is 0.851. The van der Waals surface area contributed by atoms with Gasteiger partial charge in [0, 0.05) is 11.9 Å². The zero-order chi connectivity index (χ0) is 17.0. The molecule has 2 heterocycles. The van der Waals surface area contributed by atoms with Crippen LogP contribution >= 0.6 is 11.8 Å². The molecule has 1 aromatic rings. The highest BCUT2D eigenvalue weighted by molar-refractivity contribution is 7.99. The molecule has 1 aromatic heterocycles. The predicted octanol–water partition coefficient (Wildman–Crippen LogP) is 2.57. The first-order valence-electron chi connectivity index (χ1n) is 7.56. The van der Waals surface area contributed by atoms with Crippen LogP contribution in [0.4, 0.5) is 4.79 Å². The van der Waals surface area contributed by atoms with Crippen molar-refractivity contribution in [3.05, 3.63) is 30.1 Å². The lowest BCUT2D eigenvalue weighted by Gasteiger charge is -2.28. The van der Waals surface area contributed by atoms with Gasteiger partial charge < -0.3 is 10.1 Å². The van der Waals surface area contributed by atoms with Gasteiger partial charge in [-0.25, -0.2) is 4.79 Å². The average Bonchev–Trinajstić information content (AvgIpc) is 2.96. The van der Waals surface area contributed by atoms with Crippen molar-refractivity contribution >= 4 is 23.8 Å². The molecule has 2 amide bonds. The zero-order valence-corrected chi connectivity index (χ0v) is 14.7. The summed E-state index contributed by atoms with van der Waals surface area (Å²) in [5, 5.41) is 2.92. The van der Waals surface area contributed by atoms with Gasteiger partial charge in [-0.15, -0.1) is 11.8 Å². The molecular weight excluding hydrogens is 314 g/mol. The summed E-state index contributed by atoms with van der Waals surface area (Å²) in [5.41, 5.74) is 0.211. The minimum absolute atomic E-state index is 0.181. The number of ether oxygens (including phenoxy) is 1. The summed E-state index contributed by atoms with van der Waals surface area (Å²) in [7, 11) is 0. The van der Waals surface area contributed by atoms with Crippen LogP contribution in [0, 0.1) is 0 Å². The van der Waals surface area contributed by atoms with Crippen LogP contribution < -0.4 is 5.32 Å². The molecule has 2 rings (SSSR count). The van der Waals surface area contributed by atoms with Gasteiger partial charge in [0.2, 0.25) is 5.91 Å². The van der Waals surface area contributed by atoms with E-state index in [1.807, 2.05) is 45.9 Å². The van der Waals surface area contributed by atoms with E-state index >= 15 is 0 Å². The molecule has 126 valence electrons. The van der Waals surface area contributed by atoms with E-state index in [0.29, 0.717) is 11.6 Å². The van der Waals surface area contributed by atoms with Crippen molar-refractivity contribution in [2.24, 2.45) is 0 Å². The molecule has 0 bridgehead atoms. The second-order valence-corrected chi connectivity index (χ2v) is 7.45. The molecule has 1 saturated heterocycles. The lowest BCUT2D eigenvalue weighted by Crippen LogP contribution is -2.49. The molecule has 1 N–H and O–H groups in total. The molecule has 23 heavy (non-hydrogen) atoms. The van der Waals surface area contributed by atoms with E-state index in [2.05, 4.69) is 10.3 Å². The van der Waals surface area contributed by atoms with Gasteiger partial charge >= 0.3 is 6.09 Å². The maximum atomic E-state index is 12.5. The number of hydrogen-bond acceptors (Lipinski definition) is 5. The normalized spacial score (nSPS) is 19.3. The molecule has 2 atom stereocenters.